The summed E-state index contributed by atoms with van der Waals surface area (Å²) in [5.41, 5.74) is 1.89. The molecule has 0 atom stereocenters. The largest absolute Gasteiger partial charge is 0.573 e. The van der Waals surface area contributed by atoms with Crippen molar-refractivity contribution >= 4 is 40.8 Å². The molecule has 3 rings (SSSR count). The van der Waals surface area contributed by atoms with Crippen LogP contribution in [0, 0.1) is 6.92 Å². The first-order valence-corrected chi connectivity index (χ1v) is 8.33. The number of pyridine rings is 2. The molecule has 10 heteroatoms. The monoisotopic (exact) mass is 427 g/mol. The average Bonchev–Trinajstić information content (AvgIpc) is 2.60. The molecule has 154 valence electrons. The van der Waals surface area contributed by atoms with Crippen LogP contribution in [0.4, 0.5) is 24.5 Å². The van der Waals surface area contributed by atoms with Crippen LogP contribution < -0.4 is 10.1 Å². The first kappa shape index (κ1) is 22.2. The van der Waals surface area contributed by atoms with E-state index in [9.17, 15) is 18.0 Å². The number of aryl methyl sites for hydroxylation is 1. The molecule has 0 fully saturated rings. The van der Waals surface area contributed by atoms with Gasteiger partial charge in [0, 0.05) is 29.0 Å². The van der Waals surface area contributed by atoms with Gasteiger partial charge < -0.3 is 14.8 Å². The molecule has 0 spiro atoms. The molecule has 3 aromatic rings. The zero-order valence-corrected chi connectivity index (χ0v) is 16.2. The van der Waals surface area contributed by atoms with Crippen LogP contribution in [0.5, 0.6) is 5.75 Å². The van der Waals surface area contributed by atoms with Gasteiger partial charge in [-0.3, -0.25) is 0 Å². The van der Waals surface area contributed by atoms with Gasteiger partial charge in [0.2, 0.25) is 0 Å². The minimum atomic E-state index is -4.81. The number of fused-ring (bicyclic) bond motifs is 1. The van der Waals surface area contributed by atoms with Crippen molar-refractivity contribution in [2.75, 3.05) is 11.9 Å². The van der Waals surface area contributed by atoms with Gasteiger partial charge in [0.25, 0.3) is 0 Å². The molecule has 0 bridgehead atoms. The van der Waals surface area contributed by atoms with E-state index < -0.39 is 12.3 Å². The Labute approximate surface area is 170 Å². The molecule has 0 aliphatic rings. The van der Waals surface area contributed by atoms with Crippen molar-refractivity contribution in [1.82, 2.24) is 9.97 Å². The second-order valence-corrected chi connectivity index (χ2v) is 5.79. The lowest BCUT2D eigenvalue weighted by atomic mass is 10.1. The summed E-state index contributed by atoms with van der Waals surface area (Å²) < 4.78 is 46.4. The highest BCUT2D eigenvalue weighted by molar-refractivity contribution is 6.05. The molecular formula is C19H17ClF3N3O3. The summed E-state index contributed by atoms with van der Waals surface area (Å²) >= 11 is 0. The molecule has 0 amide bonds. The van der Waals surface area contributed by atoms with E-state index in [0.717, 1.165) is 5.69 Å². The fraction of sp³-hybridized carbons (Fsp3) is 0.211. The van der Waals surface area contributed by atoms with E-state index in [0.29, 0.717) is 22.4 Å². The molecular weight excluding hydrogens is 411 g/mol. The third kappa shape index (κ3) is 5.47. The van der Waals surface area contributed by atoms with Crippen LogP contribution in [0.3, 0.4) is 0 Å². The van der Waals surface area contributed by atoms with Gasteiger partial charge in [0.15, 0.2) is 5.65 Å². The first-order chi connectivity index (χ1) is 13.3. The topological polar surface area (TPSA) is 73.3 Å². The predicted molar refractivity (Wildman–Crippen MR) is 104 cm³/mol. The molecule has 0 saturated heterocycles. The van der Waals surface area contributed by atoms with E-state index in [4.69, 9.17) is 4.74 Å². The number of carbonyl (C=O) groups excluding carboxylic acids is 1. The highest BCUT2D eigenvalue weighted by Crippen LogP contribution is 2.31. The Kier molecular flexibility index (Phi) is 6.86. The van der Waals surface area contributed by atoms with Gasteiger partial charge >= 0.3 is 12.3 Å². The average molecular weight is 428 g/mol. The Hall–Kier alpha value is -3.07. The van der Waals surface area contributed by atoms with Crippen LogP contribution in [0.25, 0.3) is 11.0 Å². The summed E-state index contributed by atoms with van der Waals surface area (Å²) in [5.74, 6) is -0.995. The molecule has 6 nitrogen and oxygen atoms in total. The number of anilines is 2. The molecule has 1 aromatic carbocycles. The first-order valence-electron chi connectivity index (χ1n) is 8.33. The summed E-state index contributed by atoms with van der Waals surface area (Å²) in [6, 6.07) is 8.78. The summed E-state index contributed by atoms with van der Waals surface area (Å²) in [4.78, 5) is 20.8. The number of esters is 1. The number of benzene rings is 1. The zero-order chi connectivity index (χ0) is 20.3. The van der Waals surface area contributed by atoms with Crippen LogP contribution in [0.1, 0.15) is 23.0 Å². The van der Waals surface area contributed by atoms with Crippen molar-refractivity contribution in [2.45, 2.75) is 20.2 Å². The van der Waals surface area contributed by atoms with Crippen molar-refractivity contribution in [3.05, 3.63) is 53.9 Å². The number of carbonyl (C=O) groups is 1. The molecule has 2 aromatic heterocycles. The Bertz CT molecular complexity index is 1030. The number of rotatable bonds is 5. The van der Waals surface area contributed by atoms with Gasteiger partial charge in [0.05, 0.1) is 12.3 Å². The summed E-state index contributed by atoms with van der Waals surface area (Å²) in [7, 11) is 0. The maximum Gasteiger partial charge on any atom is 0.573 e. The smallest absolute Gasteiger partial charge is 0.462 e. The predicted octanol–water partition coefficient (Wildman–Crippen LogP) is 5.18. The van der Waals surface area contributed by atoms with Crippen molar-refractivity contribution in [2.24, 2.45) is 0 Å². The van der Waals surface area contributed by atoms with Gasteiger partial charge in [0.1, 0.15) is 11.3 Å². The maximum atomic E-state index is 12.5. The normalized spacial score (nSPS) is 10.9. The number of ether oxygens (including phenoxy) is 2. The molecule has 0 aliphatic carbocycles. The van der Waals surface area contributed by atoms with Crippen LogP contribution in [0.2, 0.25) is 0 Å². The van der Waals surface area contributed by atoms with E-state index in [1.165, 1.54) is 24.4 Å². The maximum absolute atomic E-state index is 12.5. The van der Waals surface area contributed by atoms with Crippen LogP contribution in [-0.2, 0) is 4.74 Å². The SMILES string of the molecule is CCOC(=O)c1cnc2nc(C)ccc2c1Nc1cccc(OC(F)(F)F)c1.Cl. The Balaban J connectivity index is 0.00000300. The lowest BCUT2D eigenvalue weighted by molar-refractivity contribution is -0.274. The van der Waals surface area contributed by atoms with E-state index in [1.807, 2.05) is 0 Å². The summed E-state index contributed by atoms with van der Waals surface area (Å²) in [5, 5.41) is 3.50. The number of aromatic nitrogens is 2. The van der Waals surface area contributed by atoms with Gasteiger partial charge in [-0.15, -0.1) is 25.6 Å². The Morgan fingerprint density at radius 3 is 2.66 bits per heavy atom. The van der Waals surface area contributed by atoms with Gasteiger partial charge in [-0.25, -0.2) is 14.8 Å². The highest BCUT2D eigenvalue weighted by atomic mass is 35.5. The van der Waals surface area contributed by atoms with Gasteiger partial charge in [-0.1, -0.05) is 6.07 Å². The molecule has 0 unspecified atom stereocenters. The summed E-state index contributed by atoms with van der Waals surface area (Å²) in [6.07, 6.45) is -3.48. The van der Waals surface area contributed by atoms with E-state index in [1.54, 1.807) is 32.0 Å². The van der Waals surface area contributed by atoms with Crippen molar-refractivity contribution in [1.29, 1.82) is 0 Å². The fourth-order valence-electron chi connectivity index (χ4n) is 2.59. The quantitative estimate of drug-likeness (QED) is 0.566. The molecule has 1 N–H and O–H groups in total. The molecule has 0 aliphatic heterocycles. The lowest BCUT2D eigenvalue weighted by Crippen LogP contribution is -2.17. The third-order valence-corrected chi connectivity index (χ3v) is 3.70. The number of halogens is 4. The number of nitrogens with one attached hydrogen (secondary N) is 1. The minimum Gasteiger partial charge on any atom is -0.462 e. The third-order valence-electron chi connectivity index (χ3n) is 3.70. The van der Waals surface area contributed by atoms with Gasteiger partial charge in [-0.2, -0.15) is 0 Å². The number of nitrogens with zero attached hydrogens (tertiary/aromatic N) is 2. The van der Waals surface area contributed by atoms with Gasteiger partial charge in [-0.05, 0) is 38.1 Å². The Morgan fingerprint density at radius 1 is 1.21 bits per heavy atom. The zero-order valence-electron chi connectivity index (χ0n) is 15.4. The number of hydrogen-bond acceptors (Lipinski definition) is 6. The standard InChI is InChI=1S/C19H16F3N3O3.ClH/c1-3-27-18(26)15-10-23-17-14(8-7-11(2)24-17)16(15)25-12-5-4-6-13(9-12)28-19(20,21)22;/h4-10H,3H2,1-2H3,(H,23,24,25);1H. The lowest BCUT2D eigenvalue weighted by Gasteiger charge is -2.15. The van der Waals surface area contributed by atoms with E-state index >= 15 is 0 Å². The molecule has 29 heavy (non-hydrogen) atoms. The van der Waals surface area contributed by atoms with Crippen molar-refractivity contribution < 1.29 is 27.4 Å². The van der Waals surface area contributed by atoms with Crippen molar-refractivity contribution in [3.8, 4) is 5.75 Å². The minimum absolute atomic E-state index is 0. The van der Waals surface area contributed by atoms with Crippen LogP contribution in [-0.4, -0.2) is 28.9 Å². The fourth-order valence-corrected chi connectivity index (χ4v) is 2.59. The van der Waals surface area contributed by atoms with Crippen LogP contribution >= 0.6 is 12.4 Å². The molecule has 0 saturated carbocycles. The number of alkyl halides is 3. The Morgan fingerprint density at radius 2 is 1.97 bits per heavy atom. The summed E-state index contributed by atoms with van der Waals surface area (Å²) in [6.45, 7) is 3.63. The molecule has 2 heterocycles. The second-order valence-electron chi connectivity index (χ2n) is 5.79. The number of hydrogen-bond donors (Lipinski definition) is 1. The van der Waals surface area contributed by atoms with E-state index in [-0.39, 0.29) is 30.3 Å². The second kappa shape index (κ2) is 8.95. The molecule has 0 radical (unpaired) electrons. The highest BCUT2D eigenvalue weighted by Gasteiger charge is 2.31. The van der Waals surface area contributed by atoms with Crippen molar-refractivity contribution in [3.63, 3.8) is 0 Å². The van der Waals surface area contributed by atoms with E-state index in [2.05, 4.69) is 20.0 Å². The van der Waals surface area contributed by atoms with Crippen LogP contribution in [0.15, 0.2) is 42.6 Å².